The van der Waals surface area contributed by atoms with Crippen molar-refractivity contribution in [3.8, 4) is 0 Å². The van der Waals surface area contributed by atoms with Gasteiger partial charge < -0.3 is 14.0 Å². The zero-order valence-electron chi connectivity index (χ0n) is 13.7. The molecule has 0 atom stereocenters. The minimum absolute atomic E-state index is 0.0555. The number of hydrogen-bond donors (Lipinski definition) is 0. The van der Waals surface area contributed by atoms with E-state index in [9.17, 15) is 9.59 Å². The lowest BCUT2D eigenvalue weighted by molar-refractivity contribution is 0.00578. The number of Topliss-reactive ketones (excluding diaryl/α,β-unsaturated/α-hetero) is 1. The van der Waals surface area contributed by atoms with Crippen LogP contribution in [0.25, 0.3) is 0 Å². The van der Waals surface area contributed by atoms with Gasteiger partial charge in [0.15, 0.2) is 5.78 Å². The fraction of sp³-hybridized carbons (Fsp3) is 0.533. The average Bonchev–Trinajstić information content (AvgIpc) is 2.66. The molecule has 0 aliphatic carbocycles. The van der Waals surface area contributed by atoms with Gasteiger partial charge in [-0.05, 0) is 46.8 Å². The number of nitrogens with zero attached hydrogens (tertiary/aromatic N) is 1. The topological polar surface area (TPSA) is 74.7 Å². The van der Waals surface area contributed by atoms with E-state index in [1.165, 1.54) is 20.1 Å². The summed E-state index contributed by atoms with van der Waals surface area (Å²) in [4.78, 5) is 27.6. The van der Waals surface area contributed by atoms with Crippen LogP contribution in [0.3, 0.4) is 0 Å². The zero-order chi connectivity index (χ0) is 16.7. The van der Waals surface area contributed by atoms with Gasteiger partial charge in [0.1, 0.15) is 5.69 Å². The Morgan fingerprint density at radius 2 is 1.68 bits per heavy atom. The predicted octanol–water partition coefficient (Wildman–Crippen LogP) is 1.37. The minimum atomic E-state index is -0.743. The largest absolute Gasteiger partial charge is 0.514 e. The van der Waals surface area contributed by atoms with E-state index < -0.39 is 24.3 Å². The van der Waals surface area contributed by atoms with Gasteiger partial charge in [-0.15, -0.1) is 0 Å². The Bertz CT molecular complexity index is 610. The van der Waals surface area contributed by atoms with Gasteiger partial charge >= 0.3 is 13.1 Å². The Morgan fingerprint density at radius 1 is 1.14 bits per heavy atom. The van der Waals surface area contributed by atoms with Crippen LogP contribution in [-0.2, 0) is 14.0 Å². The van der Waals surface area contributed by atoms with E-state index in [0.29, 0.717) is 11.2 Å². The van der Waals surface area contributed by atoms with Crippen LogP contribution in [0.4, 0.5) is 0 Å². The maximum atomic E-state index is 11.7. The summed E-state index contributed by atoms with van der Waals surface area (Å²) >= 11 is 0. The fourth-order valence-electron chi connectivity index (χ4n) is 2.05. The van der Waals surface area contributed by atoms with Crippen LogP contribution in [0.5, 0.6) is 0 Å². The summed E-state index contributed by atoms with van der Waals surface area (Å²) in [6.07, 6.45) is 0. The molecular weight excluding hydrogens is 285 g/mol. The first-order valence-corrected chi connectivity index (χ1v) is 7.04. The molecule has 0 saturated carbocycles. The molecular formula is C15H20BNO5. The fourth-order valence-corrected chi connectivity index (χ4v) is 2.05. The molecule has 118 valence electrons. The van der Waals surface area contributed by atoms with Crippen molar-refractivity contribution in [2.75, 3.05) is 7.11 Å². The summed E-state index contributed by atoms with van der Waals surface area (Å²) < 4.78 is 16.5. The number of esters is 1. The number of ether oxygens (including phenoxy) is 1. The smallest absolute Gasteiger partial charge is 0.464 e. The highest BCUT2D eigenvalue weighted by Crippen LogP contribution is 2.36. The molecule has 1 aromatic rings. The van der Waals surface area contributed by atoms with Crippen molar-refractivity contribution in [3.63, 3.8) is 0 Å². The van der Waals surface area contributed by atoms with Crippen LogP contribution in [0.1, 0.15) is 55.5 Å². The van der Waals surface area contributed by atoms with Gasteiger partial charge in [0.25, 0.3) is 0 Å². The van der Waals surface area contributed by atoms with Crippen LogP contribution in [0.2, 0.25) is 0 Å². The number of ketones is 1. The average molecular weight is 305 g/mol. The molecule has 0 N–H and O–H groups in total. The van der Waals surface area contributed by atoms with Gasteiger partial charge in [0, 0.05) is 5.56 Å². The first-order valence-electron chi connectivity index (χ1n) is 7.04. The lowest BCUT2D eigenvalue weighted by atomic mass is 9.83. The van der Waals surface area contributed by atoms with Crippen LogP contribution in [0.15, 0.2) is 12.1 Å². The van der Waals surface area contributed by atoms with Crippen LogP contribution in [0, 0.1) is 0 Å². The molecule has 0 amide bonds. The van der Waals surface area contributed by atoms with E-state index in [2.05, 4.69) is 9.72 Å². The van der Waals surface area contributed by atoms with Crippen molar-refractivity contribution in [1.82, 2.24) is 4.98 Å². The van der Waals surface area contributed by atoms with E-state index in [1.54, 1.807) is 6.07 Å². The van der Waals surface area contributed by atoms with Crippen molar-refractivity contribution >= 4 is 24.5 Å². The van der Waals surface area contributed by atoms with Crippen LogP contribution in [-0.4, -0.2) is 42.2 Å². The number of pyridine rings is 1. The third-order valence-corrected chi connectivity index (χ3v) is 4.14. The highest BCUT2D eigenvalue weighted by Gasteiger charge is 2.52. The normalized spacial score (nSPS) is 19.1. The Balaban J connectivity index is 2.45. The Hall–Kier alpha value is -1.73. The van der Waals surface area contributed by atoms with Gasteiger partial charge in [-0.2, -0.15) is 0 Å². The number of aromatic nitrogens is 1. The molecule has 1 aromatic heterocycles. The molecule has 1 aliphatic heterocycles. The lowest BCUT2D eigenvalue weighted by Crippen LogP contribution is -2.41. The van der Waals surface area contributed by atoms with Crippen molar-refractivity contribution in [2.24, 2.45) is 0 Å². The Morgan fingerprint density at radius 3 is 2.14 bits per heavy atom. The van der Waals surface area contributed by atoms with Crippen molar-refractivity contribution in [2.45, 2.75) is 45.8 Å². The van der Waals surface area contributed by atoms with E-state index in [-0.39, 0.29) is 11.5 Å². The third-order valence-electron chi connectivity index (χ3n) is 4.14. The van der Waals surface area contributed by atoms with Crippen LogP contribution >= 0.6 is 0 Å². The Labute approximate surface area is 130 Å². The molecule has 22 heavy (non-hydrogen) atoms. The first kappa shape index (κ1) is 16.6. The molecule has 6 nitrogen and oxygen atoms in total. The summed E-state index contributed by atoms with van der Waals surface area (Å²) in [6.45, 7) is 9.10. The van der Waals surface area contributed by atoms with Crippen molar-refractivity contribution < 1.29 is 23.6 Å². The van der Waals surface area contributed by atoms with Gasteiger partial charge in [0.2, 0.25) is 0 Å². The summed E-state index contributed by atoms with van der Waals surface area (Å²) in [7, 11) is 0.520. The van der Waals surface area contributed by atoms with Gasteiger partial charge in [-0.25, -0.2) is 9.78 Å². The molecule has 0 bridgehead atoms. The molecule has 1 aliphatic rings. The highest BCUT2D eigenvalue weighted by atomic mass is 16.7. The van der Waals surface area contributed by atoms with E-state index in [0.717, 1.165) is 0 Å². The Kier molecular flexibility index (Phi) is 4.15. The zero-order valence-corrected chi connectivity index (χ0v) is 13.7. The quantitative estimate of drug-likeness (QED) is 0.477. The number of carbonyl (C=O) groups excluding carboxylic acids is 2. The molecule has 1 fully saturated rings. The number of carbonyl (C=O) groups is 2. The second-order valence-electron chi connectivity index (χ2n) is 6.30. The summed E-state index contributed by atoms with van der Waals surface area (Å²) in [5, 5.41) is 0. The standard InChI is InChI=1S/C15H20BNO5/c1-9(18)10-7-11(13(19)20-6)17-12(8-10)16-21-14(2,3)15(4,5)22-16/h7-8H,1-6H3. The number of rotatable bonds is 3. The predicted molar refractivity (Wildman–Crippen MR) is 81.3 cm³/mol. The summed E-state index contributed by atoms with van der Waals surface area (Å²) in [5.41, 5.74) is -0.264. The van der Waals surface area contributed by atoms with Gasteiger partial charge in [-0.3, -0.25) is 4.79 Å². The van der Waals surface area contributed by atoms with Crippen molar-refractivity contribution in [1.29, 1.82) is 0 Å². The molecule has 0 radical (unpaired) electrons. The maximum absolute atomic E-state index is 11.7. The molecule has 2 heterocycles. The maximum Gasteiger partial charge on any atom is 0.514 e. The summed E-state index contributed by atoms with van der Waals surface area (Å²) in [6, 6.07) is 2.99. The lowest BCUT2D eigenvalue weighted by Gasteiger charge is -2.32. The molecule has 0 aromatic carbocycles. The second-order valence-corrected chi connectivity index (χ2v) is 6.30. The SMILES string of the molecule is COC(=O)c1cc(C(C)=O)cc(B2OC(C)(C)C(C)(C)O2)n1. The molecule has 7 heteroatoms. The van der Waals surface area contributed by atoms with E-state index >= 15 is 0 Å². The highest BCUT2D eigenvalue weighted by molar-refractivity contribution is 6.61. The van der Waals surface area contributed by atoms with Gasteiger partial charge in [0.05, 0.1) is 23.9 Å². The molecule has 0 spiro atoms. The summed E-state index contributed by atoms with van der Waals surface area (Å²) in [5.74, 6) is -0.786. The molecule has 0 unspecified atom stereocenters. The van der Waals surface area contributed by atoms with Gasteiger partial charge in [-0.1, -0.05) is 0 Å². The first-order chi connectivity index (χ1) is 10.1. The molecule has 1 saturated heterocycles. The number of hydrogen-bond acceptors (Lipinski definition) is 6. The number of methoxy groups -OCH3 is 1. The van der Waals surface area contributed by atoms with E-state index in [1.807, 2.05) is 27.7 Å². The third kappa shape index (κ3) is 2.91. The monoisotopic (exact) mass is 305 g/mol. The van der Waals surface area contributed by atoms with E-state index in [4.69, 9.17) is 9.31 Å². The molecule has 2 rings (SSSR count). The second kappa shape index (κ2) is 5.48. The van der Waals surface area contributed by atoms with Crippen molar-refractivity contribution in [3.05, 3.63) is 23.4 Å². The minimum Gasteiger partial charge on any atom is -0.464 e. The van der Waals surface area contributed by atoms with Crippen LogP contribution < -0.4 is 5.59 Å².